The second-order valence-corrected chi connectivity index (χ2v) is 6.03. The SMILES string of the molecule is CCO[Si](OCC)(OCC)C(C)OCCO. The van der Waals surface area contributed by atoms with E-state index < -0.39 is 8.80 Å². The lowest BCUT2D eigenvalue weighted by Gasteiger charge is -2.32. The maximum absolute atomic E-state index is 8.74. The quantitative estimate of drug-likeness (QED) is 0.587. The molecule has 0 saturated heterocycles. The van der Waals surface area contributed by atoms with E-state index in [1.54, 1.807) is 0 Å². The largest absolute Gasteiger partial charge is 0.531 e. The van der Waals surface area contributed by atoms with Crippen LogP contribution in [0.15, 0.2) is 0 Å². The molecule has 0 spiro atoms. The van der Waals surface area contributed by atoms with E-state index in [2.05, 4.69) is 0 Å². The van der Waals surface area contributed by atoms with Crippen LogP contribution in [0.3, 0.4) is 0 Å². The van der Waals surface area contributed by atoms with Gasteiger partial charge < -0.3 is 23.1 Å². The summed E-state index contributed by atoms with van der Waals surface area (Å²) in [6, 6.07) is 0. The summed E-state index contributed by atoms with van der Waals surface area (Å²) >= 11 is 0. The first-order valence-corrected chi connectivity index (χ1v) is 7.61. The zero-order valence-corrected chi connectivity index (χ0v) is 11.7. The fraction of sp³-hybridized carbons (Fsp3) is 1.00. The molecule has 0 aromatic carbocycles. The van der Waals surface area contributed by atoms with E-state index in [1.807, 2.05) is 27.7 Å². The molecular formula is C10H24O5Si. The number of aliphatic hydroxyl groups is 1. The Kier molecular flexibility index (Phi) is 9.10. The minimum atomic E-state index is -2.77. The molecule has 5 nitrogen and oxygen atoms in total. The number of hydrogen-bond acceptors (Lipinski definition) is 5. The summed E-state index contributed by atoms with van der Waals surface area (Å²) in [5.41, 5.74) is -0.264. The van der Waals surface area contributed by atoms with Crippen LogP contribution in [-0.2, 0) is 18.0 Å². The zero-order chi connectivity index (χ0) is 12.4. The summed E-state index contributed by atoms with van der Waals surface area (Å²) in [6.45, 7) is 9.40. The molecule has 0 radical (unpaired) electrons. The average molecular weight is 252 g/mol. The number of ether oxygens (including phenoxy) is 1. The van der Waals surface area contributed by atoms with Crippen molar-refractivity contribution >= 4 is 8.80 Å². The maximum atomic E-state index is 8.74. The van der Waals surface area contributed by atoms with Crippen molar-refractivity contribution in [1.82, 2.24) is 0 Å². The molecule has 0 amide bonds. The molecule has 0 heterocycles. The van der Waals surface area contributed by atoms with Gasteiger partial charge in [0.2, 0.25) is 0 Å². The lowest BCUT2D eigenvalue weighted by atomic mass is 10.7. The molecule has 16 heavy (non-hydrogen) atoms. The van der Waals surface area contributed by atoms with Crippen molar-refractivity contribution < 1.29 is 23.1 Å². The third kappa shape index (κ3) is 4.90. The van der Waals surface area contributed by atoms with Gasteiger partial charge in [-0.15, -0.1) is 0 Å². The maximum Gasteiger partial charge on any atom is 0.531 e. The second-order valence-electron chi connectivity index (χ2n) is 3.14. The topological polar surface area (TPSA) is 57.2 Å². The van der Waals surface area contributed by atoms with Crippen LogP contribution >= 0.6 is 0 Å². The van der Waals surface area contributed by atoms with Gasteiger partial charge in [0.25, 0.3) is 0 Å². The minimum absolute atomic E-state index is 0.0147. The Bertz CT molecular complexity index is 150. The Morgan fingerprint density at radius 2 is 1.44 bits per heavy atom. The molecular weight excluding hydrogens is 228 g/mol. The van der Waals surface area contributed by atoms with Crippen LogP contribution < -0.4 is 0 Å². The third-order valence-electron chi connectivity index (χ3n) is 1.99. The van der Waals surface area contributed by atoms with E-state index in [4.69, 9.17) is 23.1 Å². The van der Waals surface area contributed by atoms with Crippen LogP contribution in [0.2, 0.25) is 0 Å². The van der Waals surface area contributed by atoms with Crippen LogP contribution in [0.4, 0.5) is 0 Å². The first kappa shape index (κ1) is 16.0. The van der Waals surface area contributed by atoms with Gasteiger partial charge in [0.15, 0.2) is 0 Å². The molecule has 0 aliphatic carbocycles. The fourth-order valence-electron chi connectivity index (χ4n) is 1.41. The lowest BCUT2D eigenvalue weighted by Crippen LogP contribution is -2.56. The molecule has 6 heteroatoms. The van der Waals surface area contributed by atoms with Gasteiger partial charge in [-0.25, -0.2) is 0 Å². The Hall–Kier alpha value is 0.0169. The van der Waals surface area contributed by atoms with Crippen molar-refractivity contribution in [3.63, 3.8) is 0 Å². The highest BCUT2D eigenvalue weighted by molar-refractivity contribution is 6.62. The van der Waals surface area contributed by atoms with E-state index in [9.17, 15) is 0 Å². The van der Waals surface area contributed by atoms with Gasteiger partial charge in [-0.05, 0) is 27.7 Å². The van der Waals surface area contributed by atoms with Crippen molar-refractivity contribution in [2.75, 3.05) is 33.0 Å². The standard InChI is InChI=1S/C10H24O5Si/c1-5-13-16(14-6-2,15-7-3)10(4)12-9-8-11/h10-11H,5-9H2,1-4H3. The lowest BCUT2D eigenvalue weighted by molar-refractivity contribution is -0.0117. The summed E-state index contributed by atoms with van der Waals surface area (Å²) < 4.78 is 22.4. The second kappa shape index (κ2) is 9.09. The molecule has 0 saturated carbocycles. The van der Waals surface area contributed by atoms with Gasteiger partial charge in [0.1, 0.15) is 5.73 Å². The van der Waals surface area contributed by atoms with E-state index in [-0.39, 0.29) is 18.9 Å². The predicted octanol–water partition coefficient (Wildman–Crippen LogP) is 0.971. The highest BCUT2D eigenvalue weighted by Gasteiger charge is 2.47. The van der Waals surface area contributed by atoms with Crippen molar-refractivity contribution in [3.05, 3.63) is 0 Å². The van der Waals surface area contributed by atoms with Crippen molar-refractivity contribution in [2.24, 2.45) is 0 Å². The summed E-state index contributed by atoms with van der Waals surface area (Å²) in [6.07, 6.45) is 0. The summed E-state index contributed by atoms with van der Waals surface area (Å²) in [5, 5.41) is 8.74. The molecule has 0 aliphatic rings. The predicted molar refractivity (Wildman–Crippen MR) is 63.1 cm³/mol. The van der Waals surface area contributed by atoms with Crippen molar-refractivity contribution in [1.29, 1.82) is 0 Å². The van der Waals surface area contributed by atoms with Gasteiger partial charge in [0.05, 0.1) is 13.2 Å². The van der Waals surface area contributed by atoms with Crippen molar-refractivity contribution in [2.45, 2.75) is 33.4 Å². The molecule has 0 aromatic heterocycles. The first-order chi connectivity index (χ1) is 7.66. The van der Waals surface area contributed by atoms with Crippen LogP contribution in [0.1, 0.15) is 27.7 Å². The summed E-state index contributed by atoms with van der Waals surface area (Å²) in [7, 11) is -2.77. The monoisotopic (exact) mass is 252 g/mol. The summed E-state index contributed by atoms with van der Waals surface area (Å²) in [4.78, 5) is 0. The van der Waals surface area contributed by atoms with Gasteiger partial charge in [-0.1, -0.05) is 0 Å². The average Bonchev–Trinajstić information content (AvgIpc) is 2.26. The highest BCUT2D eigenvalue weighted by atomic mass is 28.4. The normalized spacial score (nSPS) is 14.1. The molecule has 1 atom stereocenters. The van der Waals surface area contributed by atoms with E-state index in [0.29, 0.717) is 19.8 Å². The number of hydrogen-bond donors (Lipinski definition) is 1. The molecule has 0 bridgehead atoms. The smallest absolute Gasteiger partial charge is 0.394 e. The third-order valence-corrected chi connectivity index (χ3v) is 5.23. The molecule has 0 fully saturated rings. The van der Waals surface area contributed by atoms with Gasteiger partial charge in [-0.2, -0.15) is 0 Å². The minimum Gasteiger partial charge on any atom is -0.394 e. The fourth-order valence-corrected chi connectivity index (χ4v) is 3.90. The molecule has 1 N–H and O–H groups in total. The number of aliphatic hydroxyl groups excluding tert-OH is 1. The molecule has 98 valence electrons. The summed E-state index contributed by atoms with van der Waals surface area (Å²) in [5.74, 6) is 0. The van der Waals surface area contributed by atoms with Crippen LogP contribution in [0, 0.1) is 0 Å². The Morgan fingerprint density at radius 1 is 1.00 bits per heavy atom. The molecule has 0 aliphatic heterocycles. The first-order valence-electron chi connectivity index (χ1n) is 5.81. The van der Waals surface area contributed by atoms with Gasteiger partial charge in [-0.3, -0.25) is 0 Å². The van der Waals surface area contributed by atoms with Crippen LogP contribution in [-0.4, -0.2) is 52.7 Å². The molecule has 0 rings (SSSR count). The van der Waals surface area contributed by atoms with E-state index >= 15 is 0 Å². The van der Waals surface area contributed by atoms with Crippen molar-refractivity contribution in [3.8, 4) is 0 Å². The molecule has 0 aromatic rings. The van der Waals surface area contributed by atoms with E-state index in [0.717, 1.165) is 0 Å². The van der Waals surface area contributed by atoms with Crippen LogP contribution in [0.5, 0.6) is 0 Å². The van der Waals surface area contributed by atoms with Crippen LogP contribution in [0.25, 0.3) is 0 Å². The van der Waals surface area contributed by atoms with Gasteiger partial charge in [0, 0.05) is 19.8 Å². The Labute approximate surface area is 99.0 Å². The number of rotatable bonds is 10. The van der Waals surface area contributed by atoms with Gasteiger partial charge >= 0.3 is 8.80 Å². The van der Waals surface area contributed by atoms with E-state index in [1.165, 1.54) is 0 Å². The Morgan fingerprint density at radius 3 is 1.75 bits per heavy atom. The Balaban J connectivity index is 4.54. The highest BCUT2D eigenvalue weighted by Crippen LogP contribution is 2.17. The molecule has 1 unspecified atom stereocenters. The zero-order valence-electron chi connectivity index (χ0n) is 10.7.